The number of phenolic OH excluding ortho intramolecular Hbond substituents is 2. The molecule has 12 nitrogen and oxygen atoms in total. The number of aryl methyl sites for hydroxylation is 2. The van der Waals surface area contributed by atoms with E-state index in [1.165, 1.54) is 22.8 Å². The molecule has 0 amide bonds. The first-order chi connectivity index (χ1) is 28.6. The third kappa shape index (κ3) is 11.2. The first-order valence-corrected chi connectivity index (χ1v) is 22.0. The molecular weight excluding hydrogens is 793 g/mol. The molecule has 2 aromatic heterocycles. The van der Waals surface area contributed by atoms with Crippen LogP contribution in [0.3, 0.4) is 0 Å². The quantitative estimate of drug-likeness (QED) is 0.0901. The second-order valence-corrected chi connectivity index (χ2v) is 17.9. The number of ether oxygens (including phenoxy) is 2. The molecular formula is C46H60N8O4S2. The second-order valence-electron chi connectivity index (χ2n) is 15.7. The van der Waals surface area contributed by atoms with Gasteiger partial charge in [0.05, 0.1) is 25.5 Å². The number of aromatic hydroxyl groups is 2. The predicted octanol–water partition coefficient (Wildman–Crippen LogP) is 9.47. The van der Waals surface area contributed by atoms with Gasteiger partial charge in [-0.25, -0.2) is 0 Å². The summed E-state index contributed by atoms with van der Waals surface area (Å²) >= 11 is 3.33. The Labute approximate surface area is 364 Å². The molecule has 60 heavy (non-hydrogen) atoms. The van der Waals surface area contributed by atoms with Crippen LogP contribution in [0, 0.1) is 13.8 Å². The number of hydrogen-bond donors (Lipinski definition) is 2. The fourth-order valence-corrected chi connectivity index (χ4v) is 8.73. The topological polar surface area (TPSA) is 127 Å². The van der Waals surface area contributed by atoms with E-state index < -0.39 is 0 Å². The highest BCUT2D eigenvalue weighted by Gasteiger charge is 2.22. The molecule has 0 aliphatic carbocycles. The van der Waals surface area contributed by atoms with Crippen LogP contribution in [0.25, 0.3) is 34.2 Å². The largest absolute Gasteiger partial charge is 0.508 e. The zero-order chi connectivity index (χ0) is 43.7. The minimum atomic E-state index is -0.0381. The van der Waals surface area contributed by atoms with E-state index in [1.807, 2.05) is 68.9 Å². The van der Waals surface area contributed by atoms with Gasteiger partial charge in [0.15, 0.2) is 22.0 Å². The van der Waals surface area contributed by atoms with Crippen molar-refractivity contribution in [1.29, 1.82) is 0 Å². The number of rotatable bonds is 16. The van der Waals surface area contributed by atoms with Gasteiger partial charge in [0.2, 0.25) is 0 Å². The summed E-state index contributed by atoms with van der Waals surface area (Å²) in [5.74, 6) is 5.37. The summed E-state index contributed by atoms with van der Waals surface area (Å²) in [7, 11) is 11.5. The number of hydrogen-bond acceptors (Lipinski definition) is 12. The van der Waals surface area contributed by atoms with Crippen molar-refractivity contribution in [2.75, 3.05) is 67.0 Å². The molecule has 2 N–H and O–H groups in total. The number of methoxy groups -OCH3 is 2. The normalized spacial score (nSPS) is 11.5. The molecule has 0 radical (unpaired) electrons. The molecule has 0 atom stereocenters. The molecule has 0 bridgehead atoms. The molecule has 6 rings (SSSR count). The van der Waals surface area contributed by atoms with Gasteiger partial charge in [-0.1, -0.05) is 57.3 Å². The van der Waals surface area contributed by atoms with Crippen LogP contribution >= 0.6 is 23.5 Å². The van der Waals surface area contributed by atoms with E-state index in [0.29, 0.717) is 17.3 Å². The van der Waals surface area contributed by atoms with E-state index in [1.54, 1.807) is 43.8 Å². The van der Waals surface area contributed by atoms with Crippen molar-refractivity contribution < 1.29 is 19.7 Å². The van der Waals surface area contributed by atoms with Crippen molar-refractivity contribution in [2.24, 2.45) is 0 Å². The van der Waals surface area contributed by atoms with E-state index >= 15 is 0 Å². The molecule has 0 saturated heterocycles. The summed E-state index contributed by atoms with van der Waals surface area (Å²) in [4.78, 5) is 4.30. The Hall–Kier alpha value is -5.02. The third-order valence-electron chi connectivity index (χ3n) is 9.95. The van der Waals surface area contributed by atoms with Crippen molar-refractivity contribution in [3.05, 3.63) is 95.1 Å². The molecule has 0 aliphatic heterocycles. The lowest BCUT2D eigenvalue weighted by Crippen LogP contribution is -2.15. The second kappa shape index (κ2) is 21.0. The van der Waals surface area contributed by atoms with Crippen LogP contribution in [-0.4, -0.2) is 117 Å². The summed E-state index contributed by atoms with van der Waals surface area (Å²) in [5, 5.41) is 40.5. The summed E-state index contributed by atoms with van der Waals surface area (Å²) in [6, 6.07) is 23.4. The average Bonchev–Trinajstić information content (AvgIpc) is 3.82. The average molecular weight is 853 g/mol. The van der Waals surface area contributed by atoms with Gasteiger partial charge < -0.3 is 29.5 Å². The Balaban J connectivity index is 0.000000228. The first kappa shape index (κ1) is 46.1. The molecule has 320 valence electrons. The number of phenols is 2. The standard InChI is InChI=1S/C24H32N4OS.C22H28N4O3S/c1-16(2)21-15-22(18(4)14-17(21)3)23-25-26-24(30-13-12-27(5)6)28(23)19-8-10-20(29-7)11-9-19;1-14(2)17-12-18(20(28)13-19(17)27)21-23-24-22(30-11-10-25(3)4)26(21)15-6-8-16(29-5)9-7-15/h8-11,14-16H,12-13H2,1-7H3;6-9,12-14,27-28H,10-11H2,1-5H3. The Morgan fingerprint density at radius 3 is 1.42 bits per heavy atom. The van der Waals surface area contributed by atoms with Crippen molar-refractivity contribution in [3.8, 4) is 57.1 Å². The van der Waals surface area contributed by atoms with Crippen LogP contribution in [0.15, 0.2) is 83.1 Å². The lowest BCUT2D eigenvalue weighted by atomic mass is 9.93. The monoisotopic (exact) mass is 852 g/mol. The fourth-order valence-electron chi connectivity index (χ4n) is 6.61. The van der Waals surface area contributed by atoms with E-state index in [0.717, 1.165) is 74.7 Å². The number of aromatic nitrogens is 6. The van der Waals surface area contributed by atoms with E-state index in [-0.39, 0.29) is 17.4 Å². The van der Waals surface area contributed by atoms with Crippen LogP contribution in [0.2, 0.25) is 0 Å². The van der Waals surface area contributed by atoms with Crippen molar-refractivity contribution in [1.82, 2.24) is 39.3 Å². The molecule has 2 heterocycles. The highest BCUT2D eigenvalue weighted by atomic mass is 32.2. The van der Waals surface area contributed by atoms with E-state index in [9.17, 15) is 10.2 Å². The Morgan fingerprint density at radius 1 is 0.567 bits per heavy atom. The third-order valence-corrected chi connectivity index (χ3v) is 11.8. The zero-order valence-corrected chi connectivity index (χ0v) is 38.6. The molecule has 0 unspecified atom stereocenters. The van der Waals surface area contributed by atoms with Crippen molar-refractivity contribution >= 4 is 23.5 Å². The Bertz CT molecular complexity index is 2160. The van der Waals surface area contributed by atoms with Gasteiger partial charge in [0.25, 0.3) is 0 Å². The molecule has 6 aromatic rings. The highest BCUT2D eigenvalue weighted by Crippen LogP contribution is 2.39. The predicted molar refractivity (Wildman–Crippen MR) is 246 cm³/mol. The van der Waals surface area contributed by atoms with Gasteiger partial charge in [-0.2, -0.15) is 0 Å². The molecule has 4 aromatic carbocycles. The van der Waals surface area contributed by atoms with Crippen molar-refractivity contribution in [2.45, 2.75) is 63.7 Å². The summed E-state index contributed by atoms with van der Waals surface area (Å²) in [5.41, 5.74) is 8.18. The highest BCUT2D eigenvalue weighted by molar-refractivity contribution is 7.99. The van der Waals surface area contributed by atoms with Gasteiger partial charge in [-0.05, 0) is 137 Å². The minimum absolute atomic E-state index is 0.0381. The van der Waals surface area contributed by atoms with E-state index in [2.05, 4.69) is 101 Å². The van der Waals surface area contributed by atoms with Crippen LogP contribution in [-0.2, 0) is 0 Å². The van der Waals surface area contributed by atoms with E-state index in [4.69, 9.17) is 9.47 Å². The maximum atomic E-state index is 10.6. The lowest BCUT2D eigenvalue weighted by molar-refractivity contribution is 0.414. The van der Waals surface area contributed by atoms with Crippen LogP contribution in [0.5, 0.6) is 23.0 Å². The Kier molecular flexibility index (Phi) is 16.1. The molecule has 0 fully saturated rings. The fraction of sp³-hybridized carbons (Fsp3) is 0.391. The Morgan fingerprint density at radius 2 is 1.00 bits per heavy atom. The van der Waals surface area contributed by atoms with Gasteiger partial charge >= 0.3 is 0 Å². The SMILES string of the molecule is COc1ccc(-n2c(SCCN(C)C)nnc2-c2cc(C(C)C)c(C)cc2C)cc1.COc1ccc(-n2c(SCCN(C)C)nnc2-c2cc(C(C)C)c(O)cc2O)cc1. The first-order valence-electron chi connectivity index (χ1n) is 20.1. The van der Waals surface area contributed by atoms with Crippen LogP contribution in [0.1, 0.15) is 61.8 Å². The molecule has 0 aliphatic rings. The minimum Gasteiger partial charge on any atom is -0.508 e. The maximum Gasteiger partial charge on any atom is 0.196 e. The maximum absolute atomic E-state index is 10.6. The summed E-state index contributed by atoms with van der Waals surface area (Å²) < 4.78 is 14.7. The zero-order valence-electron chi connectivity index (χ0n) is 37.0. The lowest BCUT2D eigenvalue weighted by Gasteiger charge is -2.16. The number of benzene rings is 4. The number of thioether (sulfide) groups is 2. The van der Waals surface area contributed by atoms with Gasteiger partial charge in [0.1, 0.15) is 23.0 Å². The van der Waals surface area contributed by atoms with Crippen molar-refractivity contribution in [3.63, 3.8) is 0 Å². The van der Waals surface area contributed by atoms with Crippen LogP contribution < -0.4 is 9.47 Å². The van der Waals surface area contributed by atoms with Gasteiger partial charge in [-0.3, -0.25) is 9.13 Å². The summed E-state index contributed by atoms with van der Waals surface area (Å²) in [6.45, 7) is 14.7. The molecule has 14 heteroatoms. The van der Waals surface area contributed by atoms with Gasteiger partial charge in [-0.15, -0.1) is 20.4 Å². The summed E-state index contributed by atoms with van der Waals surface area (Å²) in [6.07, 6.45) is 0. The van der Waals surface area contributed by atoms with Gasteiger partial charge in [0, 0.05) is 41.9 Å². The number of nitrogens with zero attached hydrogens (tertiary/aromatic N) is 8. The molecule has 0 spiro atoms. The smallest absolute Gasteiger partial charge is 0.196 e. The van der Waals surface area contributed by atoms with Crippen LogP contribution in [0.4, 0.5) is 0 Å². The molecule has 0 saturated carbocycles.